The molecule has 6 nitrogen and oxygen atoms in total. The average Bonchev–Trinajstić information content (AvgIpc) is 2.89. The molecule has 2 aromatic rings. The molecule has 1 atom stereocenters. The van der Waals surface area contributed by atoms with Gasteiger partial charge < -0.3 is 10.1 Å². The lowest BCUT2D eigenvalue weighted by Crippen LogP contribution is -2.32. The maximum atomic E-state index is 12.5. The second-order valence-corrected chi connectivity index (χ2v) is 6.57. The molecule has 26 heavy (non-hydrogen) atoms. The van der Waals surface area contributed by atoms with E-state index in [0.717, 1.165) is 5.56 Å². The molecular formula is C19H20ClN3O3. The zero-order valence-corrected chi connectivity index (χ0v) is 15.6. The van der Waals surface area contributed by atoms with E-state index < -0.39 is 5.72 Å². The number of hydrogen-bond donors (Lipinski definition) is 1. The topological polar surface area (TPSA) is 63.2 Å². The van der Waals surface area contributed by atoms with Gasteiger partial charge in [0.1, 0.15) is 5.75 Å². The van der Waals surface area contributed by atoms with Crippen molar-refractivity contribution in [3.63, 3.8) is 0 Å². The van der Waals surface area contributed by atoms with Gasteiger partial charge in [0.25, 0.3) is 0 Å². The molecule has 0 aliphatic carbocycles. The lowest BCUT2D eigenvalue weighted by molar-refractivity contribution is -0.164. The molecule has 1 N–H and O–H groups in total. The van der Waals surface area contributed by atoms with Crippen LogP contribution in [0.4, 0.5) is 5.69 Å². The first-order valence-corrected chi connectivity index (χ1v) is 8.49. The number of carbonyl (C=O) groups is 1. The average molecular weight is 374 g/mol. The van der Waals surface area contributed by atoms with Gasteiger partial charge in [-0.25, -0.2) is 14.9 Å². The summed E-state index contributed by atoms with van der Waals surface area (Å²) in [5.41, 5.74) is 0.432. The molecule has 136 valence electrons. The third kappa shape index (κ3) is 3.98. The van der Waals surface area contributed by atoms with Crippen LogP contribution < -0.4 is 10.1 Å². The number of rotatable bonds is 5. The van der Waals surface area contributed by atoms with E-state index in [4.69, 9.17) is 21.2 Å². The van der Waals surface area contributed by atoms with Crippen LogP contribution in [-0.2, 0) is 9.63 Å². The molecule has 3 rings (SSSR count). The zero-order chi connectivity index (χ0) is 18.7. The minimum absolute atomic E-state index is 0.0550. The number of para-hydroxylation sites is 2. The Morgan fingerprint density at radius 2 is 2.08 bits per heavy atom. The van der Waals surface area contributed by atoms with Crippen molar-refractivity contribution in [1.29, 1.82) is 0 Å². The second-order valence-electron chi connectivity index (χ2n) is 6.13. The summed E-state index contributed by atoms with van der Waals surface area (Å²) < 4.78 is 5.25. The number of nitrogens with one attached hydrogen (secondary N) is 1. The Morgan fingerprint density at radius 1 is 1.31 bits per heavy atom. The molecule has 1 aliphatic heterocycles. The summed E-state index contributed by atoms with van der Waals surface area (Å²) in [6.45, 7) is 1.77. The normalized spacial score (nSPS) is 19.2. The van der Waals surface area contributed by atoms with Crippen LogP contribution in [0.25, 0.3) is 0 Å². The predicted molar refractivity (Wildman–Crippen MR) is 101 cm³/mol. The number of benzene rings is 2. The van der Waals surface area contributed by atoms with Gasteiger partial charge in [-0.05, 0) is 31.2 Å². The Hall–Kier alpha value is -2.57. The van der Waals surface area contributed by atoms with Crippen molar-refractivity contribution in [2.75, 3.05) is 19.5 Å². The van der Waals surface area contributed by atoms with Crippen LogP contribution in [0, 0.1) is 0 Å². The smallest absolute Gasteiger partial charge is 0.229 e. The van der Waals surface area contributed by atoms with E-state index in [2.05, 4.69) is 10.3 Å². The Bertz CT molecular complexity index is 855. The van der Waals surface area contributed by atoms with Gasteiger partial charge in [0.15, 0.2) is 11.6 Å². The minimum Gasteiger partial charge on any atom is -0.495 e. The lowest BCUT2D eigenvalue weighted by atomic mass is 10.1. The Labute approximate surface area is 157 Å². The highest BCUT2D eigenvalue weighted by atomic mass is 35.5. The first kappa shape index (κ1) is 18.2. The lowest BCUT2D eigenvalue weighted by Gasteiger charge is -2.21. The summed E-state index contributed by atoms with van der Waals surface area (Å²) in [6, 6.07) is 14.6. The molecule has 0 saturated heterocycles. The first-order valence-electron chi connectivity index (χ1n) is 8.12. The van der Waals surface area contributed by atoms with Crippen molar-refractivity contribution >= 4 is 29.0 Å². The number of halogens is 1. The number of hydroxylamine groups is 2. The number of anilines is 1. The van der Waals surface area contributed by atoms with Crippen molar-refractivity contribution in [3.8, 4) is 5.75 Å². The van der Waals surface area contributed by atoms with Gasteiger partial charge >= 0.3 is 0 Å². The molecule has 0 bridgehead atoms. The number of amidine groups is 1. The van der Waals surface area contributed by atoms with Crippen LogP contribution >= 0.6 is 11.6 Å². The number of aliphatic imine (C=N–C) groups is 1. The SMILES string of the molecule is COc1ccccc1NC(=O)CC1(C)N=C(c2cccc(Cl)c2)N(C)O1. The van der Waals surface area contributed by atoms with E-state index >= 15 is 0 Å². The summed E-state index contributed by atoms with van der Waals surface area (Å²) in [7, 11) is 3.31. The monoisotopic (exact) mass is 373 g/mol. The molecule has 1 amide bonds. The molecule has 0 saturated carbocycles. The van der Waals surface area contributed by atoms with Gasteiger partial charge in [-0.1, -0.05) is 35.9 Å². The number of methoxy groups -OCH3 is 1. The van der Waals surface area contributed by atoms with Gasteiger partial charge in [0.2, 0.25) is 5.91 Å². The first-order chi connectivity index (χ1) is 12.4. The Morgan fingerprint density at radius 3 is 2.81 bits per heavy atom. The summed E-state index contributed by atoms with van der Waals surface area (Å²) in [4.78, 5) is 22.9. The fourth-order valence-corrected chi connectivity index (χ4v) is 3.03. The summed E-state index contributed by atoms with van der Waals surface area (Å²) in [6.07, 6.45) is 0.0550. The molecule has 1 aliphatic rings. The molecule has 1 heterocycles. The molecule has 0 aromatic heterocycles. The van der Waals surface area contributed by atoms with Crippen LogP contribution in [0.3, 0.4) is 0 Å². The van der Waals surface area contributed by atoms with Gasteiger partial charge in [-0.3, -0.25) is 4.79 Å². The molecular weight excluding hydrogens is 354 g/mol. The van der Waals surface area contributed by atoms with Crippen LogP contribution in [-0.4, -0.2) is 36.7 Å². The largest absolute Gasteiger partial charge is 0.495 e. The van der Waals surface area contributed by atoms with E-state index in [1.54, 1.807) is 50.4 Å². The van der Waals surface area contributed by atoms with E-state index in [9.17, 15) is 4.79 Å². The molecule has 0 radical (unpaired) electrons. The molecule has 1 unspecified atom stereocenters. The van der Waals surface area contributed by atoms with Crippen LogP contribution in [0.1, 0.15) is 18.9 Å². The van der Waals surface area contributed by atoms with Crippen molar-refractivity contribution in [2.45, 2.75) is 19.1 Å². The van der Waals surface area contributed by atoms with Crippen LogP contribution in [0.5, 0.6) is 5.75 Å². The predicted octanol–water partition coefficient (Wildman–Crippen LogP) is 3.72. The molecule has 0 fully saturated rings. The van der Waals surface area contributed by atoms with Crippen LogP contribution in [0.15, 0.2) is 53.5 Å². The quantitative estimate of drug-likeness (QED) is 0.867. The standard InChI is InChI=1S/C19H20ClN3O3/c1-19(12-17(24)21-15-9-4-5-10-16(15)25-3)22-18(23(2)26-19)13-7-6-8-14(20)11-13/h4-11H,12H2,1-3H3,(H,21,24). The summed E-state index contributed by atoms with van der Waals surface area (Å²) in [5, 5.41) is 5.01. The van der Waals surface area contributed by atoms with E-state index in [1.165, 1.54) is 0 Å². The second kappa shape index (κ2) is 7.35. The van der Waals surface area contributed by atoms with Crippen LogP contribution in [0.2, 0.25) is 5.02 Å². The van der Waals surface area contributed by atoms with Crippen molar-refractivity contribution in [1.82, 2.24) is 5.06 Å². The maximum absolute atomic E-state index is 12.5. The summed E-state index contributed by atoms with van der Waals surface area (Å²) in [5.74, 6) is 1.00. The summed E-state index contributed by atoms with van der Waals surface area (Å²) >= 11 is 6.05. The van der Waals surface area contributed by atoms with E-state index in [0.29, 0.717) is 22.3 Å². The maximum Gasteiger partial charge on any atom is 0.229 e. The number of hydrogen-bond acceptors (Lipinski definition) is 5. The number of nitrogens with zero attached hydrogens (tertiary/aromatic N) is 2. The highest BCUT2D eigenvalue weighted by Gasteiger charge is 2.38. The van der Waals surface area contributed by atoms with Crippen molar-refractivity contribution in [3.05, 3.63) is 59.1 Å². The number of ether oxygens (including phenoxy) is 1. The Kier molecular flexibility index (Phi) is 5.15. The van der Waals surface area contributed by atoms with Gasteiger partial charge in [0.05, 0.1) is 19.2 Å². The zero-order valence-electron chi connectivity index (χ0n) is 14.8. The van der Waals surface area contributed by atoms with Gasteiger partial charge in [0, 0.05) is 17.6 Å². The minimum atomic E-state index is -1.00. The fourth-order valence-electron chi connectivity index (χ4n) is 2.84. The van der Waals surface area contributed by atoms with Gasteiger partial charge in [-0.15, -0.1) is 0 Å². The highest BCUT2D eigenvalue weighted by molar-refractivity contribution is 6.31. The van der Waals surface area contributed by atoms with E-state index in [-0.39, 0.29) is 12.3 Å². The molecule has 2 aromatic carbocycles. The fraction of sp³-hybridized carbons (Fsp3) is 0.263. The van der Waals surface area contributed by atoms with E-state index in [1.807, 2.05) is 24.3 Å². The molecule has 0 spiro atoms. The van der Waals surface area contributed by atoms with Crippen molar-refractivity contribution < 1.29 is 14.4 Å². The third-order valence-corrected chi connectivity index (χ3v) is 4.16. The molecule has 7 heteroatoms. The number of carbonyl (C=O) groups excluding carboxylic acids is 1. The third-order valence-electron chi connectivity index (χ3n) is 3.93. The highest BCUT2D eigenvalue weighted by Crippen LogP contribution is 2.30. The Balaban J connectivity index is 1.75. The number of amides is 1. The van der Waals surface area contributed by atoms with Crippen molar-refractivity contribution in [2.24, 2.45) is 4.99 Å². The van der Waals surface area contributed by atoms with Gasteiger partial charge in [-0.2, -0.15) is 0 Å².